The molecule has 142 valence electrons. The number of nitrogens with two attached hydrogens (primary N) is 1. The SMILES string of the molecule is CN(CC1CCC1)[C@@H]1Cc2ccc(C(N)=O)c(O)c2C2CCCC[C@]21O. The fraction of sp³-hybridized carbons (Fsp3) is 0.667. The molecule has 0 spiro atoms. The van der Waals surface area contributed by atoms with Gasteiger partial charge in [0.25, 0.3) is 5.91 Å². The van der Waals surface area contributed by atoms with Crippen LogP contribution >= 0.6 is 0 Å². The monoisotopic (exact) mass is 358 g/mol. The highest BCUT2D eigenvalue weighted by Gasteiger charge is 2.52. The number of aromatic hydroxyl groups is 1. The predicted octanol–water partition coefficient (Wildman–Crippen LogP) is 2.54. The lowest BCUT2D eigenvalue weighted by Crippen LogP contribution is -2.60. The van der Waals surface area contributed by atoms with E-state index in [0.29, 0.717) is 6.42 Å². The van der Waals surface area contributed by atoms with E-state index < -0.39 is 11.5 Å². The normalized spacial score (nSPS) is 31.2. The Hall–Kier alpha value is -1.59. The first-order valence-electron chi connectivity index (χ1n) is 9.99. The third-order valence-corrected chi connectivity index (χ3v) is 7.14. The molecule has 0 bridgehead atoms. The van der Waals surface area contributed by atoms with E-state index >= 15 is 0 Å². The van der Waals surface area contributed by atoms with Crippen molar-refractivity contribution in [3.63, 3.8) is 0 Å². The van der Waals surface area contributed by atoms with E-state index in [1.165, 1.54) is 19.3 Å². The molecule has 0 saturated heterocycles. The van der Waals surface area contributed by atoms with Crippen molar-refractivity contribution in [2.75, 3.05) is 13.6 Å². The lowest BCUT2D eigenvalue weighted by Gasteiger charge is -2.53. The summed E-state index contributed by atoms with van der Waals surface area (Å²) >= 11 is 0. The van der Waals surface area contributed by atoms with E-state index in [-0.39, 0.29) is 23.3 Å². The van der Waals surface area contributed by atoms with Crippen LogP contribution in [0.1, 0.15) is 72.3 Å². The number of likely N-dealkylation sites (N-methyl/N-ethyl adjacent to an activating group) is 1. The molecule has 5 heteroatoms. The number of hydrogen-bond acceptors (Lipinski definition) is 4. The fourth-order valence-electron chi connectivity index (χ4n) is 5.52. The zero-order valence-electron chi connectivity index (χ0n) is 15.6. The number of benzene rings is 1. The van der Waals surface area contributed by atoms with Gasteiger partial charge in [-0.15, -0.1) is 0 Å². The molecule has 3 aliphatic carbocycles. The van der Waals surface area contributed by atoms with Crippen molar-refractivity contribution in [2.24, 2.45) is 11.7 Å². The third kappa shape index (κ3) is 2.72. The molecule has 26 heavy (non-hydrogen) atoms. The van der Waals surface area contributed by atoms with Gasteiger partial charge in [0.1, 0.15) is 5.75 Å². The Morgan fingerprint density at radius 3 is 2.69 bits per heavy atom. The summed E-state index contributed by atoms with van der Waals surface area (Å²) in [5.41, 5.74) is 6.56. The summed E-state index contributed by atoms with van der Waals surface area (Å²) in [4.78, 5) is 14.0. The first-order valence-corrected chi connectivity index (χ1v) is 9.99. The van der Waals surface area contributed by atoms with E-state index in [1.54, 1.807) is 6.07 Å². The van der Waals surface area contributed by atoms with Gasteiger partial charge in [-0.25, -0.2) is 0 Å². The number of aliphatic hydroxyl groups is 1. The maximum atomic E-state index is 11.8. The minimum atomic E-state index is -0.850. The molecule has 1 aromatic rings. The molecular formula is C21H30N2O3. The summed E-state index contributed by atoms with van der Waals surface area (Å²) in [5, 5.41) is 22.5. The van der Waals surface area contributed by atoms with Crippen LogP contribution in [0.5, 0.6) is 5.75 Å². The number of hydrogen-bond donors (Lipinski definition) is 3. The highest BCUT2D eigenvalue weighted by atomic mass is 16.3. The second-order valence-corrected chi connectivity index (χ2v) is 8.64. The van der Waals surface area contributed by atoms with Crippen LogP contribution in [0.2, 0.25) is 0 Å². The second-order valence-electron chi connectivity index (χ2n) is 8.64. The van der Waals surface area contributed by atoms with E-state index in [4.69, 9.17) is 5.73 Å². The van der Waals surface area contributed by atoms with Gasteiger partial charge in [0, 0.05) is 24.1 Å². The van der Waals surface area contributed by atoms with Gasteiger partial charge in [0.2, 0.25) is 0 Å². The summed E-state index contributed by atoms with van der Waals surface area (Å²) in [5.74, 6) is -0.0138. The Bertz CT molecular complexity index is 715. The maximum Gasteiger partial charge on any atom is 0.252 e. The number of carbonyl (C=O) groups excluding carboxylic acids is 1. The molecule has 2 saturated carbocycles. The van der Waals surface area contributed by atoms with Crippen LogP contribution in [0.4, 0.5) is 0 Å². The van der Waals surface area contributed by atoms with Gasteiger partial charge in [-0.05, 0) is 56.7 Å². The zero-order chi connectivity index (χ0) is 18.5. The molecule has 0 heterocycles. The molecule has 0 radical (unpaired) electrons. The maximum absolute atomic E-state index is 11.8. The number of carbonyl (C=O) groups is 1. The molecule has 1 unspecified atom stereocenters. The van der Waals surface area contributed by atoms with Crippen molar-refractivity contribution in [1.29, 1.82) is 0 Å². The quantitative estimate of drug-likeness (QED) is 0.772. The third-order valence-electron chi connectivity index (χ3n) is 7.14. The first kappa shape index (κ1) is 17.8. The van der Waals surface area contributed by atoms with E-state index in [1.807, 2.05) is 6.07 Å². The van der Waals surface area contributed by atoms with Gasteiger partial charge in [0.05, 0.1) is 11.2 Å². The largest absolute Gasteiger partial charge is 0.507 e. The summed E-state index contributed by atoms with van der Waals surface area (Å²) in [6.07, 6.45) is 8.24. The van der Waals surface area contributed by atoms with Gasteiger partial charge in [-0.3, -0.25) is 9.69 Å². The Labute approximate surface area is 155 Å². The van der Waals surface area contributed by atoms with Crippen molar-refractivity contribution in [3.8, 4) is 5.75 Å². The zero-order valence-corrected chi connectivity index (χ0v) is 15.6. The Morgan fingerprint density at radius 1 is 1.27 bits per heavy atom. The number of phenols is 1. The first-order chi connectivity index (χ1) is 12.4. The predicted molar refractivity (Wildman–Crippen MR) is 100 cm³/mol. The second kappa shape index (κ2) is 6.54. The van der Waals surface area contributed by atoms with Crippen LogP contribution in [0.15, 0.2) is 12.1 Å². The number of fused-ring (bicyclic) bond motifs is 3. The molecule has 5 nitrogen and oxygen atoms in total. The van der Waals surface area contributed by atoms with Crippen LogP contribution in [-0.2, 0) is 6.42 Å². The molecule has 1 amide bonds. The number of nitrogens with zero attached hydrogens (tertiary/aromatic N) is 1. The average Bonchev–Trinajstić information content (AvgIpc) is 2.56. The van der Waals surface area contributed by atoms with Gasteiger partial charge < -0.3 is 15.9 Å². The van der Waals surface area contributed by atoms with Gasteiger partial charge in [-0.1, -0.05) is 25.3 Å². The molecule has 4 N–H and O–H groups in total. The minimum absolute atomic E-state index is 0.0135. The molecule has 2 fully saturated rings. The smallest absolute Gasteiger partial charge is 0.252 e. The summed E-state index contributed by atoms with van der Waals surface area (Å²) in [7, 11) is 2.13. The van der Waals surface area contributed by atoms with Crippen LogP contribution in [0, 0.1) is 5.92 Å². The number of amides is 1. The highest BCUT2D eigenvalue weighted by Crippen LogP contribution is 2.52. The Morgan fingerprint density at radius 2 is 2.04 bits per heavy atom. The fourth-order valence-corrected chi connectivity index (χ4v) is 5.52. The van der Waals surface area contributed by atoms with Crippen LogP contribution in [0.3, 0.4) is 0 Å². The molecule has 3 aliphatic rings. The van der Waals surface area contributed by atoms with Crippen LogP contribution in [0.25, 0.3) is 0 Å². The number of rotatable bonds is 4. The van der Waals surface area contributed by atoms with Crippen LogP contribution in [-0.4, -0.2) is 46.3 Å². The Balaban J connectivity index is 1.73. The lowest BCUT2D eigenvalue weighted by molar-refractivity contribution is -0.0932. The van der Waals surface area contributed by atoms with Crippen molar-refractivity contribution >= 4 is 5.91 Å². The van der Waals surface area contributed by atoms with Gasteiger partial charge >= 0.3 is 0 Å². The molecule has 1 aromatic carbocycles. The Kier molecular flexibility index (Phi) is 4.48. The standard InChI is InChI=1S/C21H30N2O3/c1-23(12-13-5-4-6-13)17-11-14-8-9-15(20(22)25)19(24)18(14)16-7-2-3-10-21(16,17)26/h8-9,13,16-17,24,26H,2-7,10-12H2,1H3,(H2,22,25)/t16?,17-,21+/m1/s1. The number of primary amides is 1. The molecule has 4 rings (SSSR count). The van der Waals surface area contributed by atoms with E-state index in [9.17, 15) is 15.0 Å². The van der Waals surface area contributed by atoms with Crippen LogP contribution < -0.4 is 5.73 Å². The van der Waals surface area contributed by atoms with Gasteiger partial charge in [-0.2, -0.15) is 0 Å². The topological polar surface area (TPSA) is 86.8 Å². The highest BCUT2D eigenvalue weighted by molar-refractivity contribution is 5.96. The van der Waals surface area contributed by atoms with Crippen molar-refractivity contribution in [3.05, 3.63) is 28.8 Å². The van der Waals surface area contributed by atoms with E-state index in [0.717, 1.165) is 49.3 Å². The van der Waals surface area contributed by atoms with Crippen molar-refractivity contribution in [2.45, 2.75) is 68.9 Å². The lowest BCUT2D eigenvalue weighted by atomic mass is 9.61. The molecule has 0 aliphatic heterocycles. The molecule has 0 aromatic heterocycles. The minimum Gasteiger partial charge on any atom is -0.507 e. The summed E-state index contributed by atoms with van der Waals surface area (Å²) in [6, 6.07) is 3.61. The average molecular weight is 358 g/mol. The molecular weight excluding hydrogens is 328 g/mol. The summed E-state index contributed by atoms with van der Waals surface area (Å²) < 4.78 is 0. The molecule has 3 atom stereocenters. The summed E-state index contributed by atoms with van der Waals surface area (Å²) in [6.45, 7) is 1.03. The van der Waals surface area contributed by atoms with Crippen molar-refractivity contribution in [1.82, 2.24) is 4.90 Å². The van der Waals surface area contributed by atoms with Crippen molar-refractivity contribution < 1.29 is 15.0 Å². The van der Waals surface area contributed by atoms with Gasteiger partial charge in [0.15, 0.2) is 0 Å². The van der Waals surface area contributed by atoms with E-state index in [2.05, 4.69) is 11.9 Å².